The van der Waals surface area contributed by atoms with Gasteiger partial charge in [0.05, 0.1) is 13.3 Å². The predicted octanol–water partition coefficient (Wildman–Crippen LogP) is 2.30. The Labute approximate surface area is 127 Å². The van der Waals surface area contributed by atoms with Gasteiger partial charge < -0.3 is 15.8 Å². The van der Waals surface area contributed by atoms with Crippen molar-refractivity contribution in [3.63, 3.8) is 0 Å². The number of nitrogens with one attached hydrogen (secondary N) is 1. The third kappa shape index (κ3) is 2.92. The number of carbonyl (C=O) groups is 1. The minimum atomic E-state index is -0.361. The number of rotatable bonds is 4. The fraction of sp³-hybridized carbons (Fsp3) is 0.250. The van der Waals surface area contributed by atoms with Crippen LogP contribution in [-0.2, 0) is 0 Å². The molecule has 1 aliphatic carbocycles. The Morgan fingerprint density at radius 3 is 2.77 bits per heavy atom. The van der Waals surface area contributed by atoms with E-state index in [1.807, 2.05) is 0 Å². The Hall–Kier alpha value is -2.47. The summed E-state index contributed by atoms with van der Waals surface area (Å²) < 4.78 is 18.8. The summed E-state index contributed by atoms with van der Waals surface area (Å²) in [7, 11) is 1.53. The lowest BCUT2D eigenvalue weighted by atomic mass is 10.1. The smallest absolute Gasteiger partial charge is 0.274 e. The van der Waals surface area contributed by atoms with Crippen molar-refractivity contribution in [2.45, 2.75) is 18.4 Å². The van der Waals surface area contributed by atoms with E-state index < -0.39 is 0 Å². The summed E-state index contributed by atoms with van der Waals surface area (Å²) in [6, 6.07) is 7.72. The van der Waals surface area contributed by atoms with Crippen molar-refractivity contribution in [1.82, 2.24) is 4.98 Å². The van der Waals surface area contributed by atoms with Gasteiger partial charge in [0.15, 0.2) is 0 Å². The van der Waals surface area contributed by atoms with E-state index in [1.165, 1.54) is 25.4 Å². The molecule has 1 aromatic heterocycles. The molecule has 0 saturated heterocycles. The van der Waals surface area contributed by atoms with Crippen molar-refractivity contribution in [3.8, 4) is 5.75 Å². The maximum atomic E-state index is 13.8. The molecule has 0 spiro atoms. The molecule has 1 fully saturated rings. The van der Waals surface area contributed by atoms with Gasteiger partial charge in [0, 0.05) is 17.6 Å². The quantitative estimate of drug-likeness (QED) is 0.908. The topological polar surface area (TPSA) is 77.2 Å². The van der Waals surface area contributed by atoms with Crippen molar-refractivity contribution in [1.29, 1.82) is 0 Å². The second-order valence-corrected chi connectivity index (χ2v) is 5.28. The van der Waals surface area contributed by atoms with Gasteiger partial charge in [-0.15, -0.1) is 0 Å². The number of hydrogen-bond donors (Lipinski definition) is 2. The number of nitrogens with two attached hydrogens (primary N) is 1. The summed E-state index contributed by atoms with van der Waals surface area (Å²) in [5, 5.41) is 2.71. The van der Waals surface area contributed by atoms with Crippen LogP contribution in [0.3, 0.4) is 0 Å². The Kier molecular flexibility index (Phi) is 3.77. The fourth-order valence-corrected chi connectivity index (χ4v) is 2.31. The molecule has 1 amide bonds. The van der Waals surface area contributed by atoms with Crippen molar-refractivity contribution >= 4 is 11.6 Å². The van der Waals surface area contributed by atoms with Crippen LogP contribution in [0.5, 0.6) is 5.75 Å². The highest BCUT2D eigenvalue weighted by Crippen LogP contribution is 2.41. The number of hydrogen-bond acceptors (Lipinski definition) is 4. The normalized spacial score (nSPS) is 19.6. The molecule has 3 N–H and O–H groups in total. The zero-order valence-electron chi connectivity index (χ0n) is 12.0. The van der Waals surface area contributed by atoms with Crippen molar-refractivity contribution in [2.24, 2.45) is 5.73 Å². The maximum absolute atomic E-state index is 13.8. The van der Waals surface area contributed by atoms with Gasteiger partial charge in [-0.3, -0.25) is 4.79 Å². The number of benzene rings is 1. The molecule has 0 aliphatic heterocycles. The summed E-state index contributed by atoms with van der Waals surface area (Å²) in [5.74, 6) is -0.0434. The molecule has 1 saturated carbocycles. The Bertz CT molecular complexity index is 703. The number of amides is 1. The average molecular weight is 301 g/mol. The Morgan fingerprint density at radius 1 is 1.41 bits per heavy atom. The molecule has 1 aromatic carbocycles. The third-order valence-electron chi connectivity index (χ3n) is 3.70. The lowest BCUT2D eigenvalue weighted by Gasteiger charge is -2.08. The number of pyridine rings is 1. The van der Waals surface area contributed by atoms with Gasteiger partial charge in [0.2, 0.25) is 0 Å². The number of carbonyl (C=O) groups excluding carboxylic acids is 1. The number of nitrogens with zero attached hydrogens (tertiary/aromatic N) is 1. The number of anilines is 1. The molecule has 114 valence electrons. The second kappa shape index (κ2) is 5.73. The van der Waals surface area contributed by atoms with Gasteiger partial charge in [0.25, 0.3) is 5.91 Å². The summed E-state index contributed by atoms with van der Waals surface area (Å²) in [6.45, 7) is 0. The summed E-state index contributed by atoms with van der Waals surface area (Å²) in [6.07, 6.45) is 2.24. The number of halogens is 1. The molecule has 0 radical (unpaired) electrons. The summed E-state index contributed by atoms with van der Waals surface area (Å²) >= 11 is 0. The van der Waals surface area contributed by atoms with Gasteiger partial charge in [0.1, 0.15) is 17.3 Å². The Balaban J connectivity index is 1.76. The minimum absolute atomic E-state index is 0.00343. The maximum Gasteiger partial charge on any atom is 0.274 e. The molecule has 2 aromatic rings. The standard InChI is InChI=1S/C16H16FN3O2/c1-22-10-3-5-15(19-8-10)16(21)20-9-2-4-13(17)11(6-9)12-7-14(12)18/h2-6,8,12,14H,7,18H2,1H3,(H,20,21)/t12-,14-/m1/s1. The first-order chi connectivity index (χ1) is 10.6. The Morgan fingerprint density at radius 2 is 2.18 bits per heavy atom. The van der Waals surface area contributed by atoms with Gasteiger partial charge in [-0.05, 0) is 42.3 Å². The molecule has 2 atom stereocenters. The van der Waals surface area contributed by atoms with Crippen LogP contribution in [0.15, 0.2) is 36.5 Å². The second-order valence-electron chi connectivity index (χ2n) is 5.28. The van der Waals surface area contributed by atoms with Crippen LogP contribution in [0.2, 0.25) is 0 Å². The molecule has 5 nitrogen and oxygen atoms in total. The molecule has 0 unspecified atom stereocenters. The molecule has 22 heavy (non-hydrogen) atoms. The molecule has 1 heterocycles. The van der Waals surface area contributed by atoms with E-state index in [1.54, 1.807) is 18.2 Å². The van der Waals surface area contributed by atoms with E-state index >= 15 is 0 Å². The van der Waals surface area contributed by atoms with Crippen LogP contribution in [0.25, 0.3) is 0 Å². The van der Waals surface area contributed by atoms with Gasteiger partial charge in [-0.1, -0.05) is 0 Å². The first-order valence-electron chi connectivity index (χ1n) is 6.95. The van der Waals surface area contributed by atoms with Crippen LogP contribution in [0.1, 0.15) is 28.4 Å². The van der Waals surface area contributed by atoms with E-state index in [4.69, 9.17) is 10.5 Å². The SMILES string of the molecule is COc1ccc(C(=O)Nc2ccc(F)c([C@H]3C[C@H]3N)c2)nc1. The first kappa shape index (κ1) is 14.5. The van der Waals surface area contributed by atoms with Gasteiger partial charge >= 0.3 is 0 Å². The van der Waals surface area contributed by atoms with E-state index in [-0.39, 0.29) is 29.4 Å². The molecular weight excluding hydrogens is 285 g/mol. The first-order valence-corrected chi connectivity index (χ1v) is 6.95. The monoisotopic (exact) mass is 301 g/mol. The van der Waals surface area contributed by atoms with E-state index in [0.29, 0.717) is 17.0 Å². The highest BCUT2D eigenvalue weighted by atomic mass is 19.1. The van der Waals surface area contributed by atoms with E-state index in [0.717, 1.165) is 6.42 Å². The zero-order valence-corrected chi connectivity index (χ0v) is 12.0. The van der Waals surface area contributed by atoms with Crippen LogP contribution in [0, 0.1) is 5.82 Å². The van der Waals surface area contributed by atoms with Gasteiger partial charge in [-0.25, -0.2) is 9.37 Å². The minimum Gasteiger partial charge on any atom is -0.495 e. The van der Waals surface area contributed by atoms with Crippen LogP contribution < -0.4 is 15.8 Å². The lowest BCUT2D eigenvalue weighted by molar-refractivity contribution is 0.102. The summed E-state index contributed by atoms with van der Waals surface area (Å²) in [4.78, 5) is 16.1. The van der Waals surface area contributed by atoms with Crippen LogP contribution >= 0.6 is 0 Å². The highest BCUT2D eigenvalue weighted by molar-refractivity contribution is 6.02. The van der Waals surface area contributed by atoms with Gasteiger partial charge in [-0.2, -0.15) is 0 Å². The molecular formula is C16H16FN3O2. The lowest BCUT2D eigenvalue weighted by Crippen LogP contribution is -2.14. The number of ether oxygens (including phenoxy) is 1. The van der Waals surface area contributed by atoms with Crippen molar-refractivity contribution in [2.75, 3.05) is 12.4 Å². The molecule has 1 aliphatic rings. The van der Waals surface area contributed by atoms with Crippen molar-refractivity contribution in [3.05, 3.63) is 53.6 Å². The molecule has 6 heteroatoms. The summed E-state index contributed by atoms with van der Waals surface area (Å²) in [5.41, 5.74) is 7.10. The highest BCUT2D eigenvalue weighted by Gasteiger charge is 2.36. The zero-order chi connectivity index (χ0) is 15.7. The molecule has 0 bridgehead atoms. The van der Waals surface area contributed by atoms with Crippen LogP contribution in [0.4, 0.5) is 10.1 Å². The largest absolute Gasteiger partial charge is 0.495 e. The predicted molar refractivity (Wildman–Crippen MR) is 80.5 cm³/mol. The van der Waals surface area contributed by atoms with Crippen molar-refractivity contribution < 1.29 is 13.9 Å². The van der Waals surface area contributed by atoms with E-state index in [9.17, 15) is 9.18 Å². The number of methoxy groups -OCH3 is 1. The number of aromatic nitrogens is 1. The third-order valence-corrected chi connectivity index (χ3v) is 3.70. The van der Waals surface area contributed by atoms with Crippen LogP contribution in [-0.4, -0.2) is 24.0 Å². The average Bonchev–Trinajstić information content (AvgIpc) is 3.26. The van der Waals surface area contributed by atoms with E-state index in [2.05, 4.69) is 10.3 Å². The fourth-order valence-electron chi connectivity index (χ4n) is 2.31. The molecule has 3 rings (SSSR count).